The van der Waals surface area contributed by atoms with Crippen LogP contribution in [0, 0.1) is 0 Å². The Morgan fingerprint density at radius 3 is 2.24 bits per heavy atom. The van der Waals surface area contributed by atoms with Crippen molar-refractivity contribution in [1.29, 1.82) is 0 Å². The van der Waals surface area contributed by atoms with E-state index in [9.17, 15) is 13.2 Å². The fourth-order valence-electron chi connectivity index (χ4n) is 1.29. The third-order valence-electron chi connectivity index (χ3n) is 2.30. The highest BCUT2D eigenvalue weighted by Crippen LogP contribution is 2.11. The second-order valence-corrected chi connectivity index (χ2v) is 6.52. The molecule has 6 heteroatoms. The predicted octanol–water partition coefficient (Wildman–Crippen LogP) is 1.56. The van der Waals surface area contributed by atoms with Crippen molar-refractivity contribution in [3.05, 3.63) is 29.8 Å². The highest BCUT2D eigenvalue weighted by Gasteiger charge is 2.12. The van der Waals surface area contributed by atoms with E-state index in [2.05, 4.69) is 15.9 Å². The summed E-state index contributed by atoms with van der Waals surface area (Å²) in [5.41, 5.74) is 0.487. The van der Waals surface area contributed by atoms with Gasteiger partial charge in [-0.2, -0.15) is 0 Å². The van der Waals surface area contributed by atoms with Crippen molar-refractivity contribution in [3.63, 3.8) is 0 Å². The normalized spacial score (nSPS) is 11.2. The summed E-state index contributed by atoms with van der Waals surface area (Å²) in [4.78, 5) is 13.6. The monoisotopic (exact) mass is 319 g/mol. The van der Waals surface area contributed by atoms with Crippen LogP contribution in [0.15, 0.2) is 29.2 Å². The van der Waals surface area contributed by atoms with Gasteiger partial charge in [0.1, 0.15) is 0 Å². The highest BCUT2D eigenvalue weighted by molar-refractivity contribution is 9.09. The molecule has 0 saturated heterocycles. The maximum atomic E-state index is 11.9. The zero-order chi connectivity index (χ0) is 13.1. The Hall–Kier alpha value is -0.880. The minimum absolute atomic E-state index is 0.121. The lowest BCUT2D eigenvalue weighted by Gasteiger charge is -2.15. The molecule has 0 radical (unpaired) electrons. The lowest BCUT2D eigenvalue weighted by Crippen LogP contribution is -2.28. The smallest absolute Gasteiger partial charge is 0.253 e. The lowest BCUT2D eigenvalue weighted by atomic mass is 10.2. The number of amides is 1. The van der Waals surface area contributed by atoms with Gasteiger partial charge in [-0.25, -0.2) is 8.42 Å². The number of carbonyl (C=O) groups is 1. The van der Waals surface area contributed by atoms with Crippen molar-refractivity contribution in [2.75, 3.05) is 25.2 Å². The molecule has 1 rings (SSSR count). The van der Waals surface area contributed by atoms with Crippen LogP contribution in [0.4, 0.5) is 0 Å². The number of sulfone groups is 1. The number of nitrogens with zero attached hydrogens (tertiary/aromatic N) is 1. The summed E-state index contributed by atoms with van der Waals surface area (Å²) < 4.78 is 22.5. The van der Waals surface area contributed by atoms with E-state index in [4.69, 9.17) is 0 Å². The molecule has 1 aromatic carbocycles. The predicted molar refractivity (Wildman–Crippen MR) is 70.3 cm³/mol. The molecule has 94 valence electrons. The second kappa shape index (κ2) is 5.64. The van der Waals surface area contributed by atoms with Gasteiger partial charge in [-0.1, -0.05) is 15.9 Å². The molecule has 0 unspecified atom stereocenters. The van der Waals surface area contributed by atoms with Crippen LogP contribution in [0.5, 0.6) is 0 Å². The van der Waals surface area contributed by atoms with Crippen LogP contribution in [0.2, 0.25) is 0 Å². The zero-order valence-electron chi connectivity index (χ0n) is 9.68. The lowest BCUT2D eigenvalue weighted by molar-refractivity contribution is 0.0804. The van der Waals surface area contributed by atoms with Gasteiger partial charge in [0.25, 0.3) is 5.91 Å². The summed E-state index contributed by atoms with van der Waals surface area (Å²) in [7, 11) is -1.51. The standard InChI is InChI=1S/C11H14BrNO3S/c1-13(8-7-12)11(14)9-3-5-10(6-4-9)17(2,15)16/h3-6H,7-8H2,1-2H3. The maximum Gasteiger partial charge on any atom is 0.253 e. The van der Waals surface area contributed by atoms with E-state index in [-0.39, 0.29) is 10.8 Å². The van der Waals surface area contributed by atoms with Gasteiger partial charge in [-0.3, -0.25) is 4.79 Å². The highest BCUT2D eigenvalue weighted by atomic mass is 79.9. The molecule has 0 aliphatic rings. The third-order valence-corrected chi connectivity index (χ3v) is 3.78. The average molecular weight is 320 g/mol. The first-order chi connectivity index (χ1) is 7.86. The van der Waals surface area contributed by atoms with Crippen molar-refractivity contribution >= 4 is 31.7 Å². The number of carbonyl (C=O) groups excluding carboxylic acids is 1. The molecule has 0 aliphatic carbocycles. The Bertz CT molecular complexity index is 496. The summed E-state index contributed by atoms with van der Waals surface area (Å²) in [6.07, 6.45) is 1.14. The van der Waals surface area contributed by atoms with Crippen molar-refractivity contribution in [2.45, 2.75) is 4.90 Å². The van der Waals surface area contributed by atoms with Crippen LogP contribution in [0.25, 0.3) is 0 Å². The molecule has 0 heterocycles. The van der Waals surface area contributed by atoms with Gasteiger partial charge in [0.05, 0.1) is 4.90 Å². The minimum Gasteiger partial charge on any atom is -0.341 e. The summed E-state index contributed by atoms with van der Waals surface area (Å²) >= 11 is 3.26. The van der Waals surface area contributed by atoms with Crippen LogP contribution in [-0.4, -0.2) is 44.4 Å². The minimum atomic E-state index is -3.21. The topological polar surface area (TPSA) is 54.5 Å². The van der Waals surface area contributed by atoms with Crippen molar-refractivity contribution in [2.24, 2.45) is 0 Å². The third kappa shape index (κ3) is 3.81. The quantitative estimate of drug-likeness (QED) is 0.791. The van der Waals surface area contributed by atoms with E-state index < -0.39 is 9.84 Å². The molecule has 1 amide bonds. The van der Waals surface area contributed by atoms with Gasteiger partial charge in [0.2, 0.25) is 0 Å². The number of benzene rings is 1. The van der Waals surface area contributed by atoms with Crippen molar-refractivity contribution in [1.82, 2.24) is 4.90 Å². The number of alkyl halides is 1. The van der Waals surface area contributed by atoms with Crippen LogP contribution >= 0.6 is 15.9 Å². The molecule has 17 heavy (non-hydrogen) atoms. The molecule has 0 atom stereocenters. The summed E-state index contributed by atoms with van der Waals surface area (Å²) in [5.74, 6) is -0.121. The molecular formula is C11H14BrNO3S. The van der Waals surface area contributed by atoms with E-state index in [1.807, 2.05) is 0 Å². The Labute approximate surface area is 110 Å². The van der Waals surface area contributed by atoms with Gasteiger partial charge >= 0.3 is 0 Å². The van der Waals surface area contributed by atoms with Gasteiger partial charge < -0.3 is 4.90 Å². The summed E-state index contributed by atoms with van der Waals surface area (Å²) in [6.45, 7) is 0.604. The molecule has 0 bridgehead atoms. The van der Waals surface area contributed by atoms with E-state index in [1.54, 1.807) is 11.9 Å². The van der Waals surface area contributed by atoms with Crippen LogP contribution < -0.4 is 0 Å². The number of hydrogen-bond donors (Lipinski definition) is 0. The van der Waals surface area contributed by atoms with Gasteiger partial charge in [-0.15, -0.1) is 0 Å². The van der Waals surface area contributed by atoms with Crippen LogP contribution in [-0.2, 0) is 9.84 Å². The first-order valence-electron chi connectivity index (χ1n) is 4.98. The largest absolute Gasteiger partial charge is 0.341 e. The molecule has 0 N–H and O–H groups in total. The van der Waals surface area contributed by atoms with Gasteiger partial charge in [-0.05, 0) is 24.3 Å². The molecule has 0 aliphatic heterocycles. The van der Waals surface area contributed by atoms with Crippen molar-refractivity contribution < 1.29 is 13.2 Å². The maximum absolute atomic E-state index is 11.9. The van der Waals surface area contributed by atoms with E-state index in [0.29, 0.717) is 17.4 Å². The SMILES string of the molecule is CN(CCBr)C(=O)c1ccc(S(C)(=O)=O)cc1. The number of halogens is 1. The molecule has 0 saturated carbocycles. The Morgan fingerprint density at radius 1 is 1.29 bits per heavy atom. The van der Waals surface area contributed by atoms with Crippen LogP contribution in [0.1, 0.15) is 10.4 Å². The average Bonchev–Trinajstić information content (AvgIpc) is 2.27. The first-order valence-corrected chi connectivity index (χ1v) is 7.99. The van der Waals surface area contributed by atoms with E-state index >= 15 is 0 Å². The van der Waals surface area contributed by atoms with E-state index in [1.165, 1.54) is 24.3 Å². The first kappa shape index (κ1) is 14.2. The summed E-state index contributed by atoms with van der Waals surface area (Å²) in [6, 6.07) is 5.96. The Morgan fingerprint density at radius 2 is 1.82 bits per heavy atom. The number of hydrogen-bond acceptors (Lipinski definition) is 3. The van der Waals surface area contributed by atoms with Crippen LogP contribution in [0.3, 0.4) is 0 Å². The Kier molecular flexibility index (Phi) is 4.70. The fourth-order valence-corrected chi connectivity index (χ4v) is 2.46. The summed E-state index contributed by atoms with van der Waals surface area (Å²) in [5, 5.41) is 0.705. The zero-order valence-corrected chi connectivity index (χ0v) is 12.1. The molecule has 1 aromatic rings. The van der Waals surface area contributed by atoms with Gasteiger partial charge in [0, 0.05) is 30.7 Å². The second-order valence-electron chi connectivity index (χ2n) is 3.71. The molecule has 0 aromatic heterocycles. The molecule has 0 spiro atoms. The van der Waals surface area contributed by atoms with Crippen molar-refractivity contribution in [3.8, 4) is 0 Å². The molecule has 4 nitrogen and oxygen atoms in total. The van der Waals surface area contributed by atoms with Gasteiger partial charge in [0.15, 0.2) is 9.84 Å². The number of rotatable bonds is 4. The van der Waals surface area contributed by atoms with E-state index in [0.717, 1.165) is 6.26 Å². The molecule has 0 fully saturated rings. The molecular weight excluding hydrogens is 306 g/mol. The fraction of sp³-hybridized carbons (Fsp3) is 0.364. The Balaban J connectivity index is 2.92.